The fourth-order valence-corrected chi connectivity index (χ4v) is 0. The van der Waals surface area contributed by atoms with Crippen LogP contribution in [-0.2, 0) is 45.6 Å². The van der Waals surface area contributed by atoms with Gasteiger partial charge in [-0.1, -0.05) is 0 Å². The second-order valence-corrected chi connectivity index (χ2v) is 0. The van der Waals surface area contributed by atoms with E-state index >= 15 is 0 Å². The smallest absolute Gasteiger partial charge is 0 e. The van der Waals surface area contributed by atoms with Gasteiger partial charge in [-0.15, -0.1) is 0 Å². The van der Waals surface area contributed by atoms with Crippen molar-refractivity contribution < 1.29 is 45.6 Å². The van der Waals surface area contributed by atoms with Crippen LogP contribution in [0.2, 0.25) is 0 Å². The molecule has 0 unspecified atom stereocenters. The zero-order valence-corrected chi connectivity index (χ0v) is 9.63. The first-order valence-electron chi connectivity index (χ1n) is 0.289. The molecule has 20 valence electrons. The zero-order valence-electron chi connectivity index (χ0n) is 2.02. The molecule has 4 heteroatoms. The van der Waals surface area contributed by atoms with Gasteiger partial charge in [0.15, 0.2) is 0 Å². The Hall–Kier alpha value is 2.07. The van der Waals surface area contributed by atoms with E-state index in [-0.39, 0.29) is 67.2 Å². The first-order valence-corrected chi connectivity index (χ1v) is 1.94. The van der Waals surface area contributed by atoms with Gasteiger partial charge in [0, 0.05) is 42.8 Å². The molecular formula is HInMoOTi. The second kappa shape index (κ2) is 19.6. The topological polar surface area (TPSA) is 17.1 Å². The van der Waals surface area contributed by atoms with Gasteiger partial charge in [0.05, 0.1) is 0 Å². The molecule has 0 radical (unpaired) electrons. The van der Waals surface area contributed by atoms with Crippen molar-refractivity contribution in [2.24, 2.45) is 0 Å². The molecule has 0 heterocycles. The van der Waals surface area contributed by atoms with Gasteiger partial charge in [-0.3, -0.25) is 0 Å². The third kappa shape index (κ3) is 8.95. The van der Waals surface area contributed by atoms with Crippen molar-refractivity contribution in [2.45, 2.75) is 0 Å². The molecule has 0 aliphatic rings. The van der Waals surface area contributed by atoms with Crippen LogP contribution < -0.4 is 0 Å². The van der Waals surface area contributed by atoms with Crippen LogP contribution in [0.1, 0.15) is 0 Å². The predicted molar refractivity (Wildman–Crippen MR) is 7.84 cm³/mol. The zero-order chi connectivity index (χ0) is 2.00. The summed E-state index contributed by atoms with van der Waals surface area (Å²) in [5, 5.41) is 0. The summed E-state index contributed by atoms with van der Waals surface area (Å²) >= 11 is -0.1000. The molecule has 4 heavy (non-hydrogen) atoms. The maximum Gasteiger partial charge on any atom is 0 e. The summed E-state index contributed by atoms with van der Waals surface area (Å²) < 4.78 is 8.42. The van der Waals surface area contributed by atoms with Crippen molar-refractivity contribution in [3.8, 4) is 0 Å². The second-order valence-electron chi connectivity index (χ2n) is 0. The van der Waals surface area contributed by atoms with Gasteiger partial charge in [0.2, 0.25) is 0 Å². The van der Waals surface area contributed by atoms with Crippen molar-refractivity contribution in [3.63, 3.8) is 0 Å². The molecule has 0 bridgehead atoms. The maximum atomic E-state index is 8.42. The van der Waals surface area contributed by atoms with Gasteiger partial charge in [-0.2, -0.15) is 0 Å². The maximum absolute atomic E-state index is 8.42. The minimum atomic E-state index is -0.1000. The van der Waals surface area contributed by atoms with E-state index in [0.29, 0.717) is 0 Å². The molecule has 0 N–H and O–H groups in total. The molecule has 1 nitrogen and oxygen atoms in total. The summed E-state index contributed by atoms with van der Waals surface area (Å²) in [5.74, 6) is 0. The Morgan fingerprint density at radius 2 is 1.25 bits per heavy atom. The first-order chi connectivity index (χ1) is 1.00. The van der Waals surface area contributed by atoms with E-state index in [1.807, 2.05) is 0 Å². The third-order valence-corrected chi connectivity index (χ3v) is 0. The van der Waals surface area contributed by atoms with Crippen LogP contribution in [0.15, 0.2) is 0 Å². The predicted octanol–water partition coefficient (Wildman–Crippen LogP) is -0.772. The fourth-order valence-electron chi connectivity index (χ4n) is 0. The summed E-state index contributed by atoms with van der Waals surface area (Å²) in [6.45, 7) is 0. The van der Waals surface area contributed by atoms with Gasteiger partial charge in [0.25, 0.3) is 0 Å². The minimum Gasteiger partial charge on any atom is 0 e. The molecule has 0 aliphatic carbocycles. The summed E-state index contributed by atoms with van der Waals surface area (Å²) in [6, 6.07) is 0. The van der Waals surface area contributed by atoms with E-state index in [4.69, 9.17) is 2.85 Å². The van der Waals surface area contributed by atoms with E-state index in [2.05, 4.69) is 0 Å². The average Bonchev–Trinajstić information content (AvgIpc) is 1.00. The molecule has 0 aromatic heterocycles. The Morgan fingerprint density at radius 3 is 1.25 bits per heavy atom. The quantitative estimate of drug-likeness (QED) is 0.531. The first kappa shape index (κ1) is 16.6. The van der Waals surface area contributed by atoms with Crippen molar-refractivity contribution in [1.82, 2.24) is 0 Å². The third-order valence-electron chi connectivity index (χ3n) is 0. The summed E-state index contributed by atoms with van der Waals surface area (Å²) in [7, 11) is 0. The average molecular weight is 276 g/mol. The SMILES string of the molecule is [Mo].[O]=[InH].[Ti]. The summed E-state index contributed by atoms with van der Waals surface area (Å²) in [4.78, 5) is 0. The molecule has 0 amide bonds. The van der Waals surface area contributed by atoms with E-state index < -0.39 is 0 Å². The van der Waals surface area contributed by atoms with Crippen molar-refractivity contribution in [3.05, 3.63) is 0 Å². The Morgan fingerprint density at radius 1 is 1.25 bits per heavy atom. The van der Waals surface area contributed by atoms with Crippen LogP contribution in [0.25, 0.3) is 0 Å². The van der Waals surface area contributed by atoms with Crippen molar-refractivity contribution >= 4 is 24.4 Å². The van der Waals surface area contributed by atoms with Crippen LogP contribution >= 0.6 is 0 Å². The molecule has 0 aromatic rings. The molecule has 0 fully saturated rings. The van der Waals surface area contributed by atoms with Crippen molar-refractivity contribution in [1.29, 1.82) is 0 Å². The molecule has 0 saturated carbocycles. The molecule has 0 aromatic carbocycles. The van der Waals surface area contributed by atoms with Gasteiger partial charge < -0.3 is 0 Å². The van der Waals surface area contributed by atoms with Gasteiger partial charge >= 0.3 is 27.2 Å². The minimum absolute atomic E-state index is 0. The van der Waals surface area contributed by atoms with E-state index in [1.165, 1.54) is 0 Å². The van der Waals surface area contributed by atoms with Crippen LogP contribution in [0, 0.1) is 0 Å². The normalized spacial score (nSPS) is 0.750. The van der Waals surface area contributed by atoms with E-state index in [0.717, 1.165) is 0 Å². The van der Waals surface area contributed by atoms with Crippen LogP contribution in [0.4, 0.5) is 0 Å². The molecular weight excluding hydrogens is 275 g/mol. The molecule has 0 atom stereocenters. The van der Waals surface area contributed by atoms with Crippen molar-refractivity contribution in [2.75, 3.05) is 0 Å². The Kier molecular flexibility index (Phi) is 81.0. The number of hydrogen-bond acceptors (Lipinski definition) is 1. The number of hydrogen-bond donors (Lipinski definition) is 0. The van der Waals surface area contributed by atoms with E-state index in [9.17, 15) is 0 Å². The van der Waals surface area contributed by atoms with E-state index in [1.54, 1.807) is 0 Å². The Bertz CT molecular complexity index is 8.00. The van der Waals surface area contributed by atoms with Crippen LogP contribution in [0.3, 0.4) is 0 Å². The monoisotopic (exact) mass is 278 g/mol. The molecule has 0 spiro atoms. The van der Waals surface area contributed by atoms with Gasteiger partial charge in [0.1, 0.15) is 0 Å². The standard InChI is InChI=1S/In.Mo.O.Ti.H. The largest absolute Gasteiger partial charge is 0 e. The molecule has 0 rings (SSSR count). The summed E-state index contributed by atoms with van der Waals surface area (Å²) in [6.07, 6.45) is 0. The fraction of sp³-hybridized carbons (Fsp3) is 0. The van der Waals surface area contributed by atoms with Gasteiger partial charge in [-0.25, -0.2) is 0 Å². The summed E-state index contributed by atoms with van der Waals surface area (Å²) in [5.41, 5.74) is 0. The van der Waals surface area contributed by atoms with Crippen LogP contribution in [0.5, 0.6) is 0 Å². The van der Waals surface area contributed by atoms with Gasteiger partial charge in [-0.05, 0) is 0 Å². The van der Waals surface area contributed by atoms with Crippen LogP contribution in [-0.4, -0.2) is 24.4 Å². The Balaban J connectivity index is -0.00000000500. The molecule has 0 saturated heterocycles. The Labute approximate surface area is 69.1 Å². The molecule has 0 aliphatic heterocycles. The number of rotatable bonds is 0.